The number of hydrogen-bond donors (Lipinski definition) is 0. The second-order valence-electron chi connectivity index (χ2n) is 3.49. The van der Waals surface area contributed by atoms with Crippen molar-refractivity contribution in [3.8, 4) is 0 Å². The van der Waals surface area contributed by atoms with Gasteiger partial charge in [-0.05, 0) is 6.42 Å². The molecule has 0 bridgehead atoms. The van der Waals surface area contributed by atoms with Gasteiger partial charge in [0.15, 0.2) is 0 Å². The molecule has 0 saturated carbocycles. The third-order valence-corrected chi connectivity index (χ3v) is 1.95. The zero-order valence-electron chi connectivity index (χ0n) is 9.82. The van der Waals surface area contributed by atoms with Crippen LogP contribution in [0.3, 0.4) is 0 Å². The van der Waals surface area contributed by atoms with Crippen LogP contribution in [0.1, 0.15) is 33.1 Å². The molecule has 0 saturated heterocycles. The Balaban J connectivity index is 4.58. The molecule has 0 aliphatic heterocycles. The van der Waals surface area contributed by atoms with E-state index < -0.39 is 17.7 Å². The molecule has 0 amide bonds. The fourth-order valence-corrected chi connectivity index (χ4v) is 1.13. The highest BCUT2D eigenvalue weighted by Gasteiger charge is 2.31. The van der Waals surface area contributed by atoms with Crippen LogP contribution < -0.4 is 0 Å². The van der Waals surface area contributed by atoms with Crippen LogP contribution in [-0.4, -0.2) is 17.7 Å². The van der Waals surface area contributed by atoms with E-state index in [0.29, 0.717) is 6.42 Å². The van der Waals surface area contributed by atoms with Crippen molar-refractivity contribution in [2.24, 2.45) is 0 Å². The Bertz CT molecular complexity index is 259. The number of esters is 2. The first-order chi connectivity index (χ1) is 7.47. The van der Waals surface area contributed by atoms with Crippen LogP contribution in [0.25, 0.3) is 0 Å². The lowest BCUT2D eigenvalue weighted by Crippen LogP contribution is -2.36. The first kappa shape index (κ1) is 14.4. The first-order valence-electron chi connectivity index (χ1n) is 5.18. The quantitative estimate of drug-likeness (QED) is 0.380. The SMILES string of the molecule is C=CC(=O)OC(C)(CCCC)OC(=O)C=C. The Kier molecular flexibility index (Phi) is 6.15. The maximum absolute atomic E-state index is 11.1. The zero-order chi connectivity index (χ0) is 12.6. The van der Waals surface area contributed by atoms with Crippen LogP contribution in [0.15, 0.2) is 25.3 Å². The van der Waals surface area contributed by atoms with Gasteiger partial charge in [-0.15, -0.1) is 0 Å². The summed E-state index contributed by atoms with van der Waals surface area (Å²) in [7, 11) is 0. The molecule has 0 aromatic carbocycles. The Labute approximate surface area is 95.9 Å². The molecule has 0 aromatic heterocycles. The molecule has 0 fully saturated rings. The molecular formula is C12H18O4. The highest BCUT2D eigenvalue weighted by Crippen LogP contribution is 2.21. The van der Waals surface area contributed by atoms with Gasteiger partial charge in [0, 0.05) is 25.5 Å². The topological polar surface area (TPSA) is 52.6 Å². The summed E-state index contributed by atoms with van der Waals surface area (Å²) in [4.78, 5) is 22.2. The van der Waals surface area contributed by atoms with Crippen LogP contribution in [0.4, 0.5) is 0 Å². The van der Waals surface area contributed by atoms with E-state index in [2.05, 4.69) is 13.2 Å². The van der Waals surface area contributed by atoms with Crippen LogP contribution in [-0.2, 0) is 19.1 Å². The van der Waals surface area contributed by atoms with Crippen molar-refractivity contribution >= 4 is 11.9 Å². The molecular weight excluding hydrogens is 208 g/mol. The van der Waals surface area contributed by atoms with Gasteiger partial charge in [-0.3, -0.25) is 0 Å². The standard InChI is InChI=1S/C12H18O4/c1-5-8-9-12(4,15-10(13)6-2)16-11(14)7-3/h6-7H,2-3,5,8-9H2,1,4H3. The van der Waals surface area contributed by atoms with Crippen molar-refractivity contribution in [2.75, 3.05) is 0 Å². The highest BCUT2D eigenvalue weighted by atomic mass is 16.7. The molecule has 0 spiro atoms. The van der Waals surface area contributed by atoms with Crippen LogP contribution in [0, 0.1) is 0 Å². The van der Waals surface area contributed by atoms with E-state index in [4.69, 9.17) is 9.47 Å². The van der Waals surface area contributed by atoms with E-state index in [-0.39, 0.29) is 0 Å². The minimum atomic E-state index is -1.24. The Morgan fingerprint density at radius 3 is 1.94 bits per heavy atom. The van der Waals surface area contributed by atoms with E-state index in [1.54, 1.807) is 6.92 Å². The predicted octanol–water partition coefficient (Wildman–Crippen LogP) is 2.35. The van der Waals surface area contributed by atoms with Gasteiger partial charge < -0.3 is 9.47 Å². The third kappa shape index (κ3) is 5.34. The van der Waals surface area contributed by atoms with Crippen LogP contribution in [0.2, 0.25) is 0 Å². The van der Waals surface area contributed by atoms with Crippen molar-refractivity contribution in [3.63, 3.8) is 0 Å². The third-order valence-electron chi connectivity index (χ3n) is 1.95. The molecule has 0 radical (unpaired) electrons. The van der Waals surface area contributed by atoms with E-state index >= 15 is 0 Å². The lowest BCUT2D eigenvalue weighted by molar-refractivity contribution is -0.218. The van der Waals surface area contributed by atoms with Gasteiger partial charge in [-0.25, -0.2) is 9.59 Å². The molecule has 0 aromatic rings. The molecule has 0 atom stereocenters. The number of unbranched alkanes of at least 4 members (excludes halogenated alkanes) is 1. The number of ether oxygens (including phenoxy) is 2. The van der Waals surface area contributed by atoms with Gasteiger partial charge in [-0.1, -0.05) is 26.5 Å². The number of carbonyl (C=O) groups is 2. The summed E-state index contributed by atoms with van der Waals surface area (Å²) in [6.45, 7) is 10.1. The van der Waals surface area contributed by atoms with Crippen molar-refractivity contribution < 1.29 is 19.1 Å². The molecule has 16 heavy (non-hydrogen) atoms. The summed E-state index contributed by atoms with van der Waals surface area (Å²) in [5.41, 5.74) is 0. The zero-order valence-corrected chi connectivity index (χ0v) is 9.82. The largest absolute Gasteiger partial charge is 0.420 e. The molecule has 0 aliphatic rings. The Hall–Kier alpha value is -1.58. The summed E-state index contributed by atoms with van der Waals surface area (Å²) in [5, 5.41) is 0. The highest BCUT2D eigenvalue weighted by molar-refractivity contribution is 5.83. The normalized spacial score (nSPS) is 10.4. The molecule has 90 valence electrons. The first-order valence-corrected chi connectivity index (χ1v) is 5.18. The smallest absolute Gasteiger partial charge is 0.333 e. The summed E-state index contributed by atoms with van der Waals surface area (Å²) in [6, 6.07) is 0. The maximum Gasteiger partial charge on any atom is 0.333 e. The van der Waals surface area contributed by atoms with Crippen molar-refractivity contribution in [3.05, 3.63) is 25.3 Å². The number of carbonyl (C=O) groups excluding carboxylic acids is 2. The van der Waals surface area contributed by atoms with Crippen LogP contribution in [0.5, 0.6) is 0 Å². The minimum absolute atomic E-state index is 0.447. The average Bonchev–Trinajstić information content (AvgIpc) is 2.25. The predicted molar refractivity (Wildman–Crippen MR) is 60.5 cm³/mol. The van der Waals surface area contributed by atoms with Crippen molar-refractivity contribution in [1.82, 2.24) is 0 Å². The molecule has 4 heteroatoms. The van der Waals surface area contributed by atoms with Crippen molar-refractivity contribution in [1.29, 1.82) is 0 Å². The summed E-state index contributed by atoms with van der Waals surface area (Å²) in [6.07, 6.45) is 4.21. The van der Waals surface area contributed by atoms with E-state index in [9.17, 15) is 9.59 Å². The van der Waals surface area contributed by atoms with E-state index in [1.165, 1.54) is 0 Å². The fraction of sp³-hybridized carbons (Fsp3) is 0.500. The monoisotopic (exact) mass is 226 g/mol. The van der Waals surface area contributed by atoms with Gasteiger partial charge in [0.2, 0.25) is 0 Å². The van der Waals surface area contributed by atoms with Gasteiger partial charge in [0.05, 0.1) is 0 Å². The molecule has 0 aliphatic carbocycles. The fourth-order valence-electron chi connectivity index (χ4n) is 1.13. The lowest BCUT2D eigenvalue weighted by atomic mass is 10.1. The summed E-state index contributed by atoms with van der Waals surface area (Å²) < 4.78 is 10.0. The summed E-state index contributed by atoms with van der Waals surface area (Å²) in [5.74, 6) is -2.47. The van der Waals surface area contributed by atoms with E-state index in [1.807, 2.05) is 6.92 Å². The maximum atomic E-state index is 11.1. The second kappa shape index (κ2) is 6.82. The molecule has 0 heterocycles. The average molecular weight is 226 g/mol. The van der Waals surface area contributed by atoms with Gasteiger partial charge in [0.1, 0.15) is 0 Å². The van der Waals surface area contributed by atoms with Gasteiger partial charge in [0.25, 0.3) is 5.79 Å². The number of rotatable bonds is 7. The number of hydrogen-bond acceptors (Lipinski definition) is 4. The molecule has 0 unspecified atom stereocenters. The lowest BCUT2D eigenvalue weighted by Gasteiger charge is -2.28. The Morgan fingerprint density at radius 2 is 1.62 bits per heavy atom. The second-order valence-corrected chi connectivity index (χ2v) is 3.49. The Morgan fingerprint density at radius 1 is 1.19 bits per heavy atom. The van der Waals surface area contributed by atoms with Crippen molar-refractivity contribution in [2.45, 2.75) is 38.9 Å². The van der Waals surface area contributed by atoms with Crippen LogP contribution >= 0.6 is 0 Å². The van der Waals surface area contributed by atoms with Gasteiger partial charge >= 0.3 is 11.9 Å². The van der Waals surface area contributed by atoms with Gasteiger partial charge in [-0.2, -0.15) is 0 Å². The summed E-state index contributed by atoms with van der Waals surface area (Å²) >= 11 is 0. The van der Waals surface area contributed by atoms with E-state index in [0.717, 1.165) is 25.0 Å². The molecule has 4 nitrogen and oxygen atoms in total. The molecule has 0 N–H and O–H groups in total. The molecule has 0 rings (SSSR count). The minimum Gasteiger partial charge on any atom is -0.420 e.